The fraction of sp³-hybridized carbons (Fsp3) is 0.231. The van der Waals surface area contributed by atoms with Gasteiger partial charge in [-0.3, -0.25) is 4.79 Å². The van der Waals surface area contributed by atoms with Crippen molar-refractivity contribution in [3.63, 3.8) is 0 Å². The van der Waals surface area contributed by atoms with Gasteiger partial charge in [0.25, 0.3) is 5.91 Å². The van der Waals surface area contributed by atoms with Crippen molar-refractivity contribution in [2.24, 2.45) is 0 Å². The van der Waals surface area contributed by atoms with Gasteiger partial charge in [-0.2, -0.15) is 0 Å². The van der Waals surface area contributed by atoms with E-state index in [-0.39, 0.29) is 19.1 Å². The lowest BCUT2D eigenvalue weighted by atomic mass is 10.2. The van der Waals surface area contributed by atoms with Crippen molar-refractivity contribution >= 4 is 29.0 Å². The number of hydrogen-bond acceptors (Lipinski definition) is 5. The Balaban J connectivity index is 2.05. The van der Waals surface area contributed by atoms with Gasteiger partial charge in [0.1, 0.15) is 0 Å². The van der Waals surface area contributed by atoms with Crippen molar-refractivity contribution in [1.82, 2.24) is 10.3 Å². The fourth-order valence-corrected chi connectivity index (χ4v) is 3.12. The number of thiazole rings is 1. The Morgan fingerprint density at radius 3 is 3.00 bits per heavy atom. The molecule has 0 aliphatic rings. The number of nitrogens with zero attached hydrogens (tertiary/aromatic N) is 1. The maximum Gasteiger partial charge on any atom is 0.252 e. The van der Waals surface area contributed by atoms with Crippen molar-refractivity contribution in [2.45, 2.75) is 10.6 Å². The average Bonchev–Trinajstić information content (AvgIpc) is 2.96. The van der Waals surface area contributed by atoms with E-state index in [0.717, 1.165) is 16.3 Å². The predicted octanol–water partition coefficient (Wildman–Crippen LogP) is 2.16. The SMILES string of the molecule is O=C(NCCO)c1ccccc1SCc1cscn1. The van der Waals surface area contributed by atoms with Crippen molar-refractivity contribution < 1.29 is 9.90 Å². The minimum atomic E-state index is -0.157. The van der Waals surface area contributed by atoms with Crippen LogP contribution in [0.25, 0.3) is 0 Å². The second kappa shape index (κ2) is 7.28. The second-order valence-corrected chi connectivity index (χ2v) is 5.48. The van der Waals surface area contributed by atoms with Gasteiger partial charge in [-0.05, 0) is 12.1 Å². The normalized spacial score (nSPS) is 10.4. The maximum atomic E-state index is 11.9. The molecule has 6 heteroatoms. The maximum absolute atomic E-state index is 11.9. The molecule has 0 bridgehead atoms. The molecule has 100 valence electrons. The van der Waals surface area contributed by atoms with E-state index < -0.39 is 0 Å². The number of amides is 1. The number of carbonyl (C=O) groups is 1. The zero-order valence-corrected chi connectivity index (χ0v) is 11.8. The minimum Gasteiger partial charge on any atom is -0.395 e. The summed E-state index contributed by atoms with van der Waals surface area (Å²) < 4.78 is 0. The topological polar surface area (TPSA) is 62.2 Å². The van der Waals surface area contributed by atoms with Crippen LogP contribution in [0, 0.1) is 0 Å². The fourth-order valence-electron chi connectivity index (χ4n) is 1.51. The molecule has 1 aromatic carbocycles. The first kappa shape index (κ1) is 14.0. The molecule has 0 aliphatic carbocycles. The summed E-state index contributed by atoms with van der Waals surface area (Å²) in [4.78, 5) is 17.1. The van der Waals surface area contributed by atoms with Crippen molar-refractivity contribution in [1.29, 1.82) is 0 Å². The number of thioether (sulfide) groups is 1. The first-order chi connectivity index (χ1) is 9.31. The highest BCUT2D eigenvalue weighted by atomic mass is 32.2. The van der Waals surface area contributed by atoms with E-state index in [1.807, 2.05) is 23.6 Å². The van der Waals surface area contributed by atoms with Crippen molar-refractivity contribution in [2.75, 3.05) is 13.2 Å². The molecule has 0 saturated heterocycles. The second-order valence-electron chi connectivity index (χ2n) is 3.74. The van der Waals surface area contributed by atoms with Crippen LogP contribution < -0.4 is 5.32 Å². The van der Waals surface area contributed by atoms with Gasteiger partial charge in [-0.1, -0.05) is 12.1 Å². The summed E-state index contributed by atoms with van der Waals surface area (Å²) in [6.07, 6.45) is 0. The molecule has 0 aliphatic heterocycles. The predicted molar refractivity (Wildman–Crippen MR) is 77.5 cm³/mol. The molecule has 1 heterocycles. The summed E-state index contributed by atoms with van der Waals surface area (Å²) in [6, 6.07) is 7.45. The van der Waals surface area contributed by atoms with Gasteiger partial charge in [0, 0.05) is 22.6 Å². The zero-order valence-electron chi connectivity index (χ0n) is 10.2. The molecule has 0 radical (unpaired) electrons. The van der Waals surface area contributed by atoms with E-state index >= 15 is 0 Å². The van der Waals surface area contributed by atoms with Gasteiger partial charge < -0.3 is 10.4 Å². The number of aliphatic hydroxyl groups is 1. The Morgan fingerprint density at radius 2 is 2.26 bits per heavy atom. The monoisotopic (exact) mass is 294 g/mol. The smallest absolute Gasteiger partial charge is 0.252 e. The van der Waals surface area contributed by atoms with E-state index in [0.29, 0.717) is 5.56 Å². The van der Waals surface area contributed by atoms with Crippen LogP contribution in [0.4, 0.5) is 0 Å². The molecule has 1 amide bonds. The lowest BCUT2D eigenvalue weighted by Crippen LogP contribution is -2.26. The lowest BCUT2D eigenvalue weighted by Gasteiger charge is -2.08. The molecule has 0 spiro atoms. The minimum absolute atomic E-state index is 0.0557. The zero-order chi connectivity index (χ0) is 13.5. The third-order valence-electron chi connectivity index (χ3n) is 2.39. The highest BCUT2D eigenvalue weighted by Gasteiger charge is 2.10. The Kier molecular flexibility index (Phi) is 5.38. The molecular weight excluding hydrogens is 280 g/mol. The molecule has 4 nitrogen and oxygen atoms in total. The van der Waals surface area contributed by atoms with Gasteiger partial charge in [0.05, 0.1) is 23.4 Å². The van der Waals surface area contributed by atoms with Crippen LogP contribution >= 0.6 is 23.1 Å². The largest absolute Gasteiger partial charge is 0.395 e. The molecule has 2 N–H and O–H groups in total. The number of hydrogen-bond donors (Lipinski definition) is 2. The van der Waals surface area contributed by atoms with Crippen LogP contribution in [0.5, 0.6) is 0 Å². The van der Waals surface area contributed by atoms with E-state index in [2.05, 4.69) is 10.3 Å². The molecule has 0 unspecified atom stereocenters. The Morgan fingerprint density at radius 1 is 1.42 bits per heavy atom. The molecule has 1 aromatic heterocycles. The van der Waals surface area contributed by atoms with E-state index in [1.54, 1.807) is 34.7 Å². The molecule has 0 saturated carbocycles. The van der Waals surface area contributed by atoms with Crippen LogP contribution in [0.1, 0.15) is 16.1 Å². The summed E-state index contributed by atoms with van der Waals surface area (Å²) in [7, 11) is 0. The average molecular weight is 294 g/mol. The van der Waals surface area contributed by atoms with Crippen LogP contribution in [-0.2, 0) is 5.75 Å². The molecule has 0 fully saturated rings. The number of rotatable bonds is 6. The number of aliphatic hydroxyl groups excluding tert-OH is 1. The van der Waals surface area contributed by atoms with Gasteiger partial charge in [-0.25, -0.2) is 4.98 Å². The number of carbonyl (C=O) groups excluding carboxylic acids is 1. The van der Waals surface area contributed by atoms with Crippen LogP contribution in [0.2, 0.25) is 0 Å². The summed E-state index contributed by atoms with van der Waals surface area (Å²) in [5.74, 6) is 0.587. The Bertz CT molecular complexity index is 529. The van der Waals surface area contributed by atoms with Crippen LogP contribution in [-0.4, -0.2) is 29.1 Å². The number of aromatic nitrogens is 1. The molecule has 0 atom stereocenters. The first-order valence-corrected chi connectivity index (χ1v) is 7.72. The van der Waals surface area contributed by atoms with Crippen LogP contribution in [0.15, 0.2) is 40.1 Å². The van der Waals surface area contributed by atoms with E-state index in [1.165, 1.54) is 0 Å². The first-order valence-electron chi connectivity index (χ1n) is 5.79. The lowest BCUT2D eigenvalue weighted by molar-refractivity contribution is 0.0942. The number of benzene rings is 1. The summed E-state index contributed by atoms with van der Waals surface area (Å²) in [5.41, 5.74) is 3.45. The van der Waals surface area contributed by atoms with Gasteiger partial charge in [0.15, 0.2) is 0 Å². The number of nitrogens with one attached hydrogen (secondary N) is 1. The third-order valence-corrected chi connectivity index (χ3v) is 4.13. The standard InChI is InChI=1S/C13H14N2O2S2/c16-6-5-14-13(17)11-3-1-2-4-12(11)19-8-10-7-18-9-15-10/h1-4,7,9,16H,5-6,8H2,(H,14,17). The summed E-state index contributed by atoms with van der Waals surface area (Å²) >= 11 is 3.15. The third kappa shape index (κ3) is 4.05. The van der Waals surface area contributed by atoms with E-state index in [4.69, 9.17) is 5.11 Å². The van der Waals surface area contributed by atoms with Gasteiger partial charge >= 0.3 is 0 Å². The highest BCUT2D eigenvalue weighted by Crippen LogP contribution is 2.26. The van der Waals surface area contributed by atoms with Gasteiger partial charge in [-0.15, -0.1) is 23.1 Å². The van der Waals surface area contributed by atoms with Crippen LogP contribution in [0.3, 0.4) is 0 Å². The Labute approximate surface area is 119 Å². The van der Waals surface area contributed by atoms with Gasteiger partial charge in [0.2, 0.25) is 0 Å². The summed E-state index contributed by atoms with van der Waals surface area (Å²) in [5, 5.41) is 13.4. The van der Waals surface area contributed by atoms with Crippen molar-refractivity contribution in [3.05, 3.63) is 46.4 Å². The summed E-state index contributed by atoms with van der Waals surface area (Å²) in [6.45, 7) is 0.212. The molecule has 2 aromatic rings. The molecule has 19 heavy (non-hydrogen) atoms. The molecule has 2 rings (SSSR count). The molecular formula is C13H14N2O2S2. The Hall–Kier alpha value is -1.37. The van der Waals surface area contributed by atoms with Crippen molar-refractivity contribution in [3.8, 4) is 0 Å². The highest BCUT2D eigenvalue weighted by molar-refractivity contribution is 7.98. The van der Waals surface area contributed by atoms with E-state index in [9.17, 15) is 4.79 Å². The quantitative estimate of drug-likeness (QED) is 0.801.